The smallest absolute Gasteiger partial charge is 0.0547 e. The van der Waals surface area contributed by atoms with Crippen LogP contribution in [0.1, 0.15) is 0 Å². The van der Waals surface area contributed by atoms with Crippen molar-refractivity contribution < 1.29 is 0 Å². The third-order valence-electron chi connectivity index (χ3n) is 8.63. The van der Waals surface area contributed by atoms with Gasteiger partial charge in [0.1, 0.15) is 0 Å². The number of hydrogen-bond donors (Lipinski definition) is 0. The van der Waals surface area contributed by atoms with E-state index in [1.807, 2.05) is 11.3 Å². The Morgan fingerprint density at radius 2 is 1.16 bits per heavy atom. The number of hydrogen-bond acceptors (Lipinski definition) is 1. The fourth-order valence-electron chi connectivity index (χ4n) is 6.62. The number of benzene rings is 7. The quantitative estimate of drug-likeness (QED) is 0.183. The number of fused-ring (bicyclic) bond motifs is 8. The van der Waals surface area contributed by atoms with Crippen molar-refractivity contribution in [2.24, 2.45) is 0 Å². The van der Waals surface area contributed by atoms with Gasteiger partial charge >= 0.3 is 0 Å². The van der Waals surface area contributed by atoms with Crippen molar-refractivity contribution in [3.05, 3.63) is 150 Å². The van der Waals surface area contributed by atoms with Crippen LogP contribution in [0.15, 0.2) is 150 Å². The number of halogens is 1. The van der Waals surface area contributed by atoms with Gasteiger partial charge in [-0.25, -0.2) is 0 Å². The van der Waals surface area contributed by atoms with Gasteiger partial charge in [0.25, 0.3) is 0 Å². The summed E-state index contributed by atoms with van der Waals surface area (Å²) in [5, 5.41) is 7.83. The second kappa shape index (κ2) is 9.67. The molecule has 0 aliphatic carbocycles. The predicted octanol–water partition coefficient (Wildman–Crippen LogP) is 12.4. The molecule has 9 aromatic rings. The molecule has 2 heterocycles. The standard InChI is InChI=1S/C40H24BrNS/c41-30-17-13-25(14-18-30)26-7-6-8-27(21-26)28-15-19-36-34(22-28)35-24-33-29(23-37(35)42(36)31-9-2-1-3-10-31)16-20-39-40(33)32-11-4-5-12-38(32)43-39/h1-24H. The summed E-state index contributed by atoms with van der Waals surface area (Å²) in [7, 11) is 0. The Hall–Kier alpha value is -4.70. The van der Waals surface area contributed by atoms with E-state index < -0.39 is 0 Å². The number of para-hydroxylation sites is 1. The molecule has 0 bridgehead atoms. The third-order valence-corrected chi connectivity index (χ3v) is 10.3. The molecule has 7 aromatic carbocycles. The second-order valence-corrected chi connectivity index (χ2v) is 13.1. The highest BCUT2D eigenvalue weighted by atomic mass is 79.9. The molecular formula is C40H24BrNS. The first-order chi connectivity index (χ1) is 21.2. The molecule has 1 nitrogen and oxygen atoms in total. The molecule has 0 amide bonds. The Bertz CT molecular complexity index is 2500. The Labute approximate surface area is 261 Å². The third kappa shape index (κ3) is 3.96. The summed E-state index contributed by atoms with van der Waals surface area (Å²) >= 11 is 5.45. The van der Waals surface area contributed by atoms with E-state index in [1.165, 1.54) is 80.7 Å². The van der Waals surface area contributed by atoms with Gasteiger partial charge in [-0.1, -0.05) is 94.8 Å². The van der Waals surface area contributed by atoms with Crippen LogP contribution < -0.4 is 0 Å². The molecule has 0 saturated carbocycles. The van der Waals surface area contributed by atoms with Crippen LogP contribution in [0.5, 0.6) is 0 Å². The minimum absolute atomic E-state index is 1.09. The zero-order valence-corrected chi connectivity index (χ0v) is 25.5. The van der Waals surface area contributed by atoms with Crippen molar-refractivity contribution >= 4 is 80.0 Å². The molecule has 2 aromatic heterocycles. The van der Waals surface area contributed by atoms with E-state index in [0.717, 1.165) is 4.47 Å². The SMILES string of the molecule is Brc1ccc(-c2cccc(-c3ccc4c(c3)c3cc5c(ccc6sc7ccccc7c65)cc3n4-c3ccccc3)c2)cc1. The van der Waals surface area contributed by atoms with E-state index in [4.69, 9.17) is 0 Å². The van der Waals surface area contributed by atoms with E-state index in [1.54, 1.807) is 0 Å². The monoisotopic (exact) mass is 629 g/mol. The number of thiophene rings is 1. The Balaban J connectivity index is 1.33. The molecule has 0 aliphatic rings. The summed E-state index contributed by atoms with van der Waals surface area (Å²) in [6.07, 6.45) is 0. The largest absolute Gasteiger partial charge is 0.309 e. The summed E-state index contributed by atoms with van der Waals surface area (Å²) in [4.78, 5) is 0. The van der Waals surface area contributed by atoms with Crippen LogP contribution in [0, 0.1) is 0 Å². The molecule has 0 fully saturated rings. The summed E-state index contributed by atoms with van der Waals surface area (Å²) in [6.45, 7) is 0. The molecule has 202 valence electrons. The first kappa shape index (κ1) is 24.9. The van der Waals surface area contributed by atoms with Crippen LogP contribution in [0.25, 0.3) is 80.7 Å². The van der Waals surface area contributed by atoms with E-state index in [2.05, 4.69) is 166 Å². The van der Waals surface area contributed by atoms with Crippen molar-refractivity contribution in [1.29, 1.82) is 0 Å². The lowest BCUT2D eigenvalue weighted by Gasteiger charge is -2.09. The lowest BCUT2D eigenvalue weighted by atomic mass is 9.97. The molecule has 43 heavy (non-hydrogen) atoms. The molecule has 3 heteroatoms. The molecule has 0 aliphatic heterocycles. The van der Waals surface area contributed by atoms with Crippen molar-refractivity contribution in [3.63, 3.8) is 0 Å². The van der Waals surface area contributed by atoms with Crippen LogP contribution in [0.4, 0.5) is 0 Å². The molecular weight excluding hydrogens is 606 g/mol. The van der Waals surface area contributed by atoms with Crippen LogP contribution >= 0.6 is 27.3 Å². The van der Waals surface area contributed by atoms with Crippen LogP contribution in [-0.2, 0) is 0 Å². The van der Waals surface area contributed by atoms with Crippen molar-refractivity contribution in [1.82, 2.24) is 4.57 Å². The average molecular weight is 631 g/mol. The van der Waals surface area contributed by atoms with Gasteiger partial charge in [-0.2, -0.15) is 0 Å². The lowest BCUT2D eigenvalue weighted by molar-refractivity contribution is 1.18. The summed E-state index contributed by atoms with van der Waals surface area (Å²) in [5.41, 5.74) is 8.49. The summed E-state index contributed by atoms with van der Waals surface area (Å²) < 4.78 is 6.19. The summed E-state index contributed by atoms with van der Waals surface area (Å²) in [6, 6.07) is 53.3. The van der Waals surface area contributed by atoms with Crippen molar-refractivity contribution in [2.75, 3.05) is 0 Å². The Kier molecular flexibility index (Phi) is 5.59. The molecule has 0 unspecified atom stereocenters. The summed E-state index contributed by atoms with van der Waals surface area (Å²) in [5.74, 6) is 0. The van der Waals surface area contributed by atoms with E-state index >= 15 is 0 Å². The fourth-order valence-corrected chi connectivity index (χ4v) is 8.00. The van der Waals surface area contributed by atoms with Gasteiger partial charge < -0.3 is 4.57 Å². The van der Waals surface area contributed by atoms with Gasteiger partial charge in [0.2, 0.25) is 0 Å². The molecule has 0 N–H and O–H groups in total. The van der Waals surface area contributed by atoms with Gasteiger partial charge in [-0.05, 0) is 99.8 Å². The second-order valence-electron chi connectivity index (χ2n) is 11.1. The minimum atomic E-state index is 1.09. The van der Waals surface area contributed by atoms with Gasteiger partial charge in [-0.3, -0.25) is 0 Å². The van der Waals surface area contributed by atoms with Crippen molar-refractivity contribution in [3.8, 4) is 27.9 Å². The first-order valence-corrected chi connectivity index (χ1v) is 16.1. The van der Waals surface area contributed by atoms with Gasteiger partial charge in [0.05, 0.1) is 11.0 Å². The maximum absolute atomic E-state index is 3.57. The van der Waals surface area contributed by atoms with E-state index in [-0.39, 0.29) is 0 Å². The van der Waals surface area contributed by atoms with Crippen LogP contribution in [0.3, 0.4) is 0 Å². The van der Waals surface area contributed by atoms with Gasteiger partial charge in [0.15, 0.2) is 0 Å². The van der Waals surface area contributed by atoms with Gasteiger partial charge in [0, 0.05) is 41.1 Å². The highest BCUT2D eigenvalue weighted by Gasteiger charge is 2.17. The average Bonchev–Trinajstić information content (AvgIpc) is 3.60. The topological polar surface area (TPSA) is 4.93 Å². The van der Waals surface area contributed by atoms with Crippen LogP contribution in [0.2, 0.25) is 0 Å². The number of aromatic nitrogens is 1. The highest BCUT2D eigenvalue weighted by Crippen LogP contribution is 2.42. The first-order valence-electron chi connectivity index (χ1n) is 14.5. The zero-order valence-electron chi connectivity index (χ0n) is 23.1. The molecule has 0 atom stereocenters. The lowest BCUT2D eigenvalue weighted by Crippen LogP contribution is -1.93. The number of nitrogens with zero attached hydrogens (tertiary/aromatic N) is 1. The molecule has 0 saturated heterocycles. The maximum atomic E-state index is 3.57. The predicted molar refractivity (Wildman–Crippen MR) is 190 cm³/mol. The van der Waals surface area contributed by atoms with E-state index in [9.17, 15) is 0 Å². The maximum Gasteiger partial charge on any atom is 0.0547 e. The fraction of sp³-hybridized carbons (Fsp3) is 0. The minimum Gasteiger partial charge on any atom is -0.309 e. The molecule has 0 radical (unpaired) electrons. The Morgan fingerprint density at radius 1 is 0.442 bits per heavy atom. The van der Waals surface area contributed by atoms with Gasteiger partial charge in [-0.15, -0.1) is 11.3 Å². The van der Waals surface area contributed by atoms with Crippen molar-refractivity contribution in [2.45, 2.75) is 0 Å². The molecule has 9 rings (SSSR count). The highest BCUT2D eigenvalue weighted by molar-refractivity contribution is 9.10. The zero-order chi connectivity index (χ0) is 28.5. The molecule has 0 spiro atoms. The van der Waals surface area contributed by atoms with Crippen LogP contribution in [-0.4, -0.2) is 4.57 Å². The normalized spacial score (nSPS) is 11.8. The Morgan fingerprint density at radius 3 is 2.02 bits per heavy atom. The number of rotatable bonds is 3. The van der Waals surface area contributed by atoms with E-state index in [0.29, 0.717) is 0 Å².